The number of rotatable bonds is 65. The zero-order valence-electron chi connectivity index (χ0n) is 54.5. The number of carbonyl (C=O) groups excluding carboxylic acids is 3. The highest BCUT2D eigenvalue weighted by Crippen LogP contribution is 2.18. The van der Waals surface area contributed by atoms with Gasteiger partial charge in [0.15, 0.2) is 6.10 Å². The lowest BCUT2D eigenvalue weighted by molar-refractivity contribution is -0.167. The summed E-state index contributed by atoms with van der Waals surface area (Å²) >= 11 is 0. The van der Waals surface area contributed by atoms with Crippen molar-refractivity contribution in [2.45, 2.75) is 367 Å². The van der Waals surface area contributed by atoms with Crippen LogP contribution in [0.5, 0.6) is 0 Å². The number of esters is 3. The minimum absolute atomic E-state index is 0.0872. The van der Waals surface area contributed by atoms with E-state index >= 15 is 0 Å². The van der Waals surface area contributed by atoms with Gasteiger partial charge in [0.05, 0.1) is 0 Å². The molecule has 0 saturated heterocycles. The lowest BCUT2D eigenvalue weighted by atomic mass is 10.0. The largest absolute Gasteiger partial charge is 0.462 e. The van der Waals surface area contributed by atoms with Gasteiger partial charge in [0.1, 0.15) is 13.2 Å². The number of unbranched alkanes of at least 4 members (excludes halogenated alkanes) is 40. The topological polar surface area (TPSA) is 78.9 Å². The second kappa shape index (κ2) is 70.1. The lowest BCUT2D eigenvalue weighted by Gasteiger charge is -2.18. The summed E-state index contributed by atoms with van der Waals surface area (Å²) < 4.78 is 17.0. The molecule has 0 radical (unpaired) electrons. The van der Waals surface area contributed by atoms with E-state index in [0.717, 1.165) is 122 Å². The second-order valence-electron chi connectivity index (χ2n) is 23.7. The van der Waals surface area contributed by atoms with Gasteiger partial charge in [-0.25, -0.2) is 0 Å². The maximum Gasteiger partial charge on any atom is 0.306 e. The number of allylic oxidation sites excluding steroid dienone is 14. The Labute approximate surface area is 509 Å². The minimum Gasteiger partial charge on any atom is -0.462 e. The standard InChI is InChI=1S/C76H134O6/c1-4-7-10-13-16-19-22-25-28-31-32-33-34-35-36-37-38-39-40-41-42-43-46-48-51-54-57-60-63-66-69-75(78)81-72-73(82-76(79)70-67-64-61-58-55-52-49-45-30-27-24-21-18-15-12-9-6-3)71-80-74(77)68-65-62-59-56-53-50-47-44-29-26-23-20-17-14-11-8-5-2/h8-9,11-12,17-18,20-21,26-27,29-30,49,52,73H,4-7,10,13-16,19,22-25,28,31-48,50-51,53-72H2,1-3H3/b11-8-,12-9-,20-17-,21-18-,29-26-,30-27-,52-49-. The van der Waals surface area contributed by atoms with E-state index in [1.807, 2.05) is 0 Å². The van der Waals surface area contributed by atoms with E-state index in [4.69, 9.17) is 14.2 Å². The molecule has 0 aliphatic carbocycles. The molecule has 0 spiro atoms. The van der Waals surface area contributed by atoms with Crippen LogP contribution in [0, 0.1) is 0 Å². The summed E-state index contributed by atoms with van der Waals surface area (Å²) in [7, 11) is 0. The molecule has 0 aliphatic rings. The summed E-state index contributed by atoms with van der Waals surface area (Å²) in [5, 5.41) is 0. The third-order valence-electron chi connectivity index (χ3n) is 15.6. The molecule has 0 aromatic heterocycles. The van der Waals surface area contributed by atoms with Crippen LogP contribution in [0.1, 0.15) is 361 Å². The Morgan fingerprint density at radius 1 is 0.256 bits per heavy atom. The Balaban J connectivity index is 4.24. The average Bonchev–Trinajstić information content (AvgIpc) is 3.47. The Morgan fingerprint density at radius 3 is 0.744 bits per heavy atom. The number of hydrogen-bond acceptors (Lipinski definition) is 6. The van der Waals surface area contributed by atoms with Crippen molar-refractivity contribution in [1.82, 2.24) is 0 Å². The monoisotopic (exact) mass is 1140 g/mol. The fourth-order valence-corrected chi connectivity index (χ4v) is 10.4. The van der Waals surface area contributed by atoms with Gasteiger partial charge in [-0.1, -0.05) is 337 Å². The highest BCUT2D eigenvalue weighted by molar-refractivity contribution is 5.71. The molecule has 0 aromatic rings. The van der Waals surface area contributed by atoms with Gasteiger partial charge in [0.2, 0.25) is 0 Å². The normalized spacial score (nSPS) is 12.6. The van der Waals surface area contributed by atoms with Crippen molar-refractivity contribution < 1.29 is 28.6 Å². The fourth-order valence-electron chi connectivity index (χ4n) is 10.4. The first-order chi connectivity index (χ1) is 40.5. The van der Waals surface area contributed by atoms with Crippen molar-refractivity contribution in [2.75, 3.05) is 13.2 Å². The molecule has 0 N–H and O–H groups in total. The van der Waals surface area contributed by atoms with Crippen LogP contribution < -0.4 is 0 Å². The van der Waals surface area contributed by atoms with E-state index in [9.17, 15) is 14.4 Å². The molecule has 474 valence electrons. The molecule has 6 heteroatoms. The van der Waals surface area contributed by atoms with Gasteiger partial charge in [0.25, 0.3) is 0 Å². The van der Waals surface area contributed by atoms with Crippen molar-refractivity contribution >= 4 is 17.9 Å². The molecule has 0 bridgehead atoms. The van der Waals surface area contributed by atoms with Crippen molar-refractivity contribution in [3.8, 4) is 0 Å². The quantitative estimate of drug-likeness (QED) is 0.0261. The number of carbonyl (C=O) groups is 3. The van der Waals surface area contributed by atoms with Gasteiger partial charge < -0.3 is 14.2 Å². The smallest absolute Gasteiger partial charge is 0.306 e. The Kier molecular flexibility index (Phi) is 67.2. The summed E-state index contributed by atoms with van der Waals surface area (Å²) in [6, 6.07) is 0. The third-order valence-corrected chi connectivity index (χ3v) is 15.6. The molecule has 1 atom stereocenters. The highest BCUT2D eigenvalue weighted by atomic mass is 16.6. The van der Waals surface area contributed by atoms with Crippen LogP contribution in [0.15, 0.2) is 85.1 Å². The predicted molar refractivity (Wildman–Crippen MR) is 358 cm³/mol. The van der Waals surface area contributed by atoms with Crippen LogP contribution in [0.4, 0.5) is 0 Å². The van der Waals surface area contributed by atoms with E-state index in [1.54, 1.807) is 0 Å². The number of hydrogen-bond donors (Lipinski definition) is 0. The Bertz CT molecular complexity index is 1550. The van der Waals surface area contributed by atoms with E-state index < -0.39 is 6.10 Å². The van der Waals surface area contributed by atoms with Crippen LogP contribution in [0.2, 0.25) is 0 Å². The van der Waals surface area contributed by atoms with Crippen molar-refractivity contribution in [1.29, 1.82) is 0 Å². The molecule has 0 heterocycles. The third kappa shape index (κ3) is 67.4. The van der Waals surface area contributed by atoms with Crippen molar-refractivity contribution in [3.63, 3.8) is 0 Å². The molecule has 0 fully saturated rings. The van der Waals surface area contributed by atoms with Crippen LogP contribution in [-0.2, 0) is 28.6 Å². The molecular formula is C76H134O6. The summed E-state index contributed by atoms with van der Waals surface area (Å²) in [5.74, 6) is -0.904. The average molecular weight is 1140 g/mol. The van der Waals surface area contributed by atoms with Gasteiger partial charge in [-0.3, -0.25) is 14.4 Å². The van der Waals surface area contributed by atoms with Crippen LogP contribution in [0.3, 0.4) is 0 Å². The molecule has 0 aliphatic heterocycles. The van der Waals surface area contributed by atoms with Crippen LogP contribution in [-0.4, -0.2) is 37.2 Å². The Hall–Kier alpha value is -3.41. The molecule has 1 unspecified atom stereocenters. The molecule has 82 heavy (non-hydrogen) atoms. The summed E-state index contributed by atoms with van der Waals surface area (Å²) in [6.07, 6.45) is 93.4. The number of ether oxygens (including phenoxy) is 3. The predicted octanol–water partition coefficient (Wildman–Crippen LogP) is 24.6. The molecular weight excluding hydrogens is 1010 g/mol. The van der Waals surface area contributed by atoms with Crippen LogP contribution >= 0.6 is 0 Å². The first-order valence-electron chi connectivity index (χ1n) is 35.6. The van der Waals surface area contributed by atoms with Gasteiger partial charge in [-0.15, -0.1) is 0 Å². The summed E-state index contributed by atoms with van der Waals surface area (Å²) in [4.78, 5) is 38.4. The van der Waals surface area contributed by atoms with Crippen LogP contribution in [0.25, 0.3) is 0 Å². The highest BCUT2D eigenvalue weighted by Gasteiger charge is 2.19. The molecule has 0 rings (SSSR count). The van der Waals surface area contributed by atoms with E-state index in [1.165, 1.54) is 199 Å². The zero-order valence-corrected chi connectivity index (χ0v) is 54.5. The first kappa shape index (κ1) is 78.6. The second-order valence-corrected chi connectivity index (χ2v) is 23.7. The molecule has 0 amide bonds. The molecule has 0 aromatic carbocycles. The maximum absolute atomic E-state index is 12.9. The fraction of sp³-hybridized carbons (Fsp3) is 0.776. The van der Waals surface area contributed by atoms with Crippen molar-refractivity contribution in [2.24, 2.45) is 0 Å². The summed E-state index contributed by atoms with van der Waals surface area (Å²) in [5.41, 5.74) is 0. The van der Waals surface area contributed by atoms with E-state index in [0.29, 0.717) is 19.3 Å². The molecule has 6 nitrogen and oxygen atoms in total. The molecule has 0 saturated carbocycles. The minimum atomic E-state index is -0.795. The van der Waals surface area contributed by atoms with Crippen molar-refractivity contribution in [3.05, 3.63) is 85.1 Å². The lowest BCUT2D eigenvalue weighted by Crippen LogP contribution is -2.30. The Morgan fingerprint density at radius 2 is 0.476 bits per heavy atom. The van der Waals surface area contributed by atoms with Gasteiger partial charge in [-0.2, -0.15) is 0 Å². The van der Waals surface area contributed by atoms with E-state index in [-0.39, 0.29) is 31.1 Å². The maximum atomic E-state index is 12.9. The van der Waals surface area contributed by atoms with Gasteiger partial charge in [-0.05, 0) is 89.9 Å². The zero-order chi connectivity index (χ0) is 59.2. The SMILES string of the molecule is CC/C=C\C/C=C\C/C=C\C/C=C\CCCCCCC(=O)OC(COC(=O)CCCCCCCCC/C=C\C/C=C\C/C=C\CC)COC(=O)CCCCCCCCCCCCCCCCCCCCCCCCCCCCCCCC. The summed E-state index contributed by atoms with van der Waals surface area (Å²) in [6.45, 7) is 6.44. The first-order valence-corrected chi connectivity index (χ1v) is 35.6. The van der Waals surface area contributed by atoms with Gasteiger partial charge in [0, 0.05) is 19.3 Å². The van der Waals surface area contributed by atoms with E-state index in [2.05, 4.69) is 106 Å². The van der Waals surface area contributed by atoms with Gasteiger partial charge >= 0.3 is 17.9 Å².